The van der Waals surface area contributed by atoms with E-state index in [4.69, 9.17) is 4.74 Å². The SMILES string of the molecule is COc1ccc2cc(C3CCCC3)c(=O)n(CC(=O)N(CC(C)C)CC(C)C)c2c1. The molecule has 0 saturated heterocycles. The number of carbonyl (C=O) groups excluding carboxylic acids is 1. The van der Waals surface area contributed by atoms with Crippen LogP contribution in [0.5, 0.6) is 5.75 Å². The molecule has 0 aliphatic heterocycles. The Bertz CT molecular complexity index is 929. The first-order chi connectivity index (χ1) is 14.3. The first-order valence-corrected chi connectivity index (χ1v) is 11.3. The van der Waals surface area contributed by atoms with Crippen molar-refractivity contribution >= 4 is 16.8 Å². The van der Waals surface area contributed by atoms with Crippen molar-refractivity contribution in [2.45, 2.75) is 65.8 Å². The average molecular weight is 413 g/mol. The summed E-state index contributed by atoms with van der Waals surface area (Å²) in [5.41, 5.74) is 1.60. The number of aromatic nitrogens is 1. The van der Waals surface area contributed by atoms with Gasteiger partial charge < -0.3 is 9.64 Å². The third-order valence-electron chi connectivity index (χ3n) is 5.94. The number of carbonyl (C=O) groups is 1. The molecule has 1 amide bonds. The molecule has 5 heteroatoms. The zero-order valence-corrected chi connectivity index (χ0v) is 19.1. The van der Waals surface area contributed by atoms with Crippen LogP contribution in [0.1, 0.15) is 64.9 Å². The van der Waals surface area contributed by atoms with Gasteiger partial charge in [-0.05, 0) is 54.2 Å². The molecular weight excluding hydrogens is 376 g/mol. The molecule has 164 valence electrons. The maximum Gasteiger partial charge on any atom is 0.255 e. The van der Waals surface area contributed by atoms with Gasteiger partial charge in [-0.25, -0.2) is 0 Å². The summed E-state index contributed by atoms with van der Waals surface area (Å²) >= 11 is 0. The Labute approximate surface area is 180 Å². The molecule has 3 rings (SSSR count). The Morgan fingerprint density at radius 2 is 1.73 bits per heavy atom. The van der Waals surface area contributed by atoms with Crippen LogP contribution in [0.2, 0.25) is 0 Å². The zero-order chi connectivity index (χ0) is 21.8. The normalized spacial score (nSPS) is 14.8. The highest BCUT2D eigenvalue weighted by Crippen LogP contribution is 2.34. The second kappa shape index (κ2) is 9.67. The highest BCUT2D eigenvalue weighted by molar-refractivity contribution is 5.84. The van der Waals surface area contributed by atoms with Gasteiger partial charge in [0.25, 0.3) is 5.56 Å². The van der Waals surface area contributed by atoms with Crippen molar-refractivity contribution in [1.29, 1.82) is 0 Å². The maximum absolute atomic E-state index is 13.5. The van der Waals surface area contributed by atoms with Crippen LogP contribution in [-0.2, 0) is 11.3 Å². The Morgan fingerprint density at radius 3 is 2.30 bits per heavy atom. The largest absolute Gasteiger partial charge is 0.497 e. The van der Waals surface area contributed by atoms with Gasteiger partial charge in [-0.15, -0.1) is 0 Å². The van der Waals surface area contributed by atoms with E-state index in [0.29, 0.717) is 36.6 Å². The number of pyridine rings is 1. The van der Waals surface area contributed by atoms with Gasteiger partial charge in [-0.3, -0.25) is 14.2 Å². The number of ether oxygens (including phenoxy) is 1. The van der Waals surface area contributed by atoms with Gasteiger partial charge in [0.05, 0.1) is 12.6 Å². The summed E-state index contributed by atoms with van der Waals surface area (Å²) in [6.07, 6.45) is 4.44. The van der Waals surface area contributed by atoms with E-state index in [9.17, 15) is 9.59 Å². The number of rotatable bonds is 8. The van der Waals surface area contributed by atoms with Crippen molar-refractivity contribution < 1.29 is 9.53 Å². The lowest BCUT2D eigenvalue weighted by molar-refractivity contribution is -0.132. The zero-order valence-electron chi connectivity index (χ0n) is 19.1. The number of methoxy groups -OCH3 is 1. The van der Waals surface area contributed by atoms with Crippen LogP contribution in [0.4, 0.5) is 0 Å². The van der Waals surface area contributed by atoms with E-state index < -0.39 is 0 Å². The summed E-state index contributed by atoms with van der Waals surface area (Å²) in [7, 11) is 1.62. The lowest BCUT2D eigenvalue weighted by Gasteiger charge is -2.27. The van der Waals surface area contributed by atoms with Crippen LogP contribution < -0.4 is 10.3 Å². The standard InChI is InChI=1S/C25H36N2O3/c1-17(2)14-26(15-18(3)4)24(28)16-27-23-13-21(30-5)11-10-20(23)12-22(25(27)29)19-8-6-7-9-19/h10-13,17-19H,6-9,14-16H2,1-5H3. The summed E-state index contributed by atoms with van der Waals surface area (Å²) in [5, 5.41) is 0.990. The van der Waals surface area contributed by atoms with Crippen LogP contribution in [0.3, 0.4) is 0 Å². The van der Waals surface area contributed by atoms with Crippen LogP contribution in [0.25, 0.3) is 10.9 Å². The molecule has 0 bridgehead atoms. The van der Waals surface area contributed by atoms with E-state index >= 15 is 0 Å². The molecule has 1 saturated carbocycles. The first-order valence-electron chi connectivity index (χ1n) is 11.3. The van der Waals surface area contributed by atoms with Gasteiger partial charge in [0.1, 0.15) is 12.3 Å². The summed E-state index contributed by atoms with van der Waals surface area (Å²) in [5.74, 6) is 1.76. The summed E-state index contributed by atoms with van der Waals surface area (Å²) in [6.45, 7) is 9.95. The summed E-state index contributed by atoms with van der Waals surface area (Å²) in [6, 6.07) is 7.82. The average Bonchev–Trinajstić information content (AvgIpc) is 3.22. The highest BCUT2D eigenvalue weighted by atomic mass is 16.5. The third kappa shape index (κ3) is 5.05. The Balaban J connectivity index is 2.06. The molecule has 2 aromatic rings. The van der Waals surface area contributed by atoms with E-state index in [1.807, 2.05) is 29.2 Å². The second-order valence-corrected chi connectivity index (χ2v) is 9.48. The maximum atomic E-state index is 13.5. The first kappa shape index (κ1) is 22.4. The quantitative estimate of drug-likeness (QED) is 0.625. The van der Waals surface area contributed by atoms with Gasteiger partial charge >= 0.3 is 0 Å². The van der Waals surface area contributed by atoms with E-state index in [2.05, 4.69) is 27.7 Å². The van der Waals surface area contributed by atoms with Crippen LogP contribution >= 0.6 is 0 Å². The molecule has 5 nitrogen and oxygen atoms in total. The summed E-state index contributed by atoms with van der Waals surface area (Å²) in [4.78, 5) is 28.7. The topological polar surface area (TPSA) is 51.5 Å². The van der Waals surface area contributed by atoms with Crippen molar-refractivity contribution in [2.24, 2.45) is 11.8 Å². The molecule has 1 aromatic carbocycles. The van der Waals surface area contributed by atoms with Crippen molar-refractivity contribution in [1.82, 2.24) is 9.47 Å². The number of hydrogen-bond donors (Lipinski definition) is 0. The van der Waals surface area contributed by atoms with Crippen LogP contribution in [0.15, 0.2) is 29.1 Å². The number of fused-ring (bicyclic) bond motifs is 1. The van der Waals surface area contributed by atoms with E-state index in [0.717, 1.165) is 29.3 Å². The van der Waals surface area contributed by atoms with Crippen LogP contribution in [-0.4, -0.2) is 35.6 Å². The van der Waals surface area contributed by atoms with Gasteiger partial charge in [0.15, 0.2) is 0 Å². The minimum atomic E-state index is -0.0231. The molecule has 0 N–H and O–H groups in total. The highest BCUT2D eigenvalue weighted by Gasteiger charge is 2.24. The van der Waals surface area contributed by atoms with Gasteiger partial charge in [0, 0.05) is 24.7 Å². The molecule has 0 radical (unpaired) electrons. The fourth-order valence-electron chi connectivity index (χ4n) is 4.58. The Kier molecular flexibility index (Phi) is 7.22. The van der Waals surface area contributed by atoms with Gasteiger partial charge in [-0.1, -0.05) is 40.5 Å². The van der Waals surface area contributed by atoms with Crippen LogP contribution in [0, 0.1) is 11.8 Å². The number of nitrogens with zero attached hydrogens (tertiary/aromatic N) is 2. The monoisotopic (exact) mass is 412 g/mol. The fourth-order valence-corrected chi connectivity index (χ4v) is 4.58. The van der Waals surface area contributed by atoms with Crippen molar-refractivity contribution in [3.63, 3.8) is 0 Å². The van der Waals surface area contributed by atoms with E-state index in [1.54, 1.807) is 11.7 Å². The van der Waals surface area contributed by atoms with E-state index in [-0.39, 0.29) is 18.0 Å². The Hall–Kier alpha value is -2.30. The second-order valence-electron chi connectivity index (χ2n) is 9.48. The molecule has 1 fully saturated rings. The third-order valence-corrected chi connectivity index (χ3v) is 5.94. The minimum absolute atomic E-state index is 0.00666. The smallest absolute Gasteiger partial charge is 0.255 e. The molecule has 0 unspecified atom stereocenters. The number of amides is 1. The molecular formula is C25H36N2O3. The minimum Gasteiger partial charge on any atom is -0.497 e. The molecule has 1 aromatic heterocycles. The van der Waals surface area contributed by atoms with E-state index in [1.165, 1.54) is 12.8 Å². The molecule has 1 aliphatic rings. The number of hydrogen-bond acceptors (Lipinski definition) is 3. The molecule has 0 atom stereocenters. The fraction of sp³-hybridized carbons (Fsp3) is 0.600. The predicted octanol–water partition coefficient (Wildman–Crippen LogP) is 4.81. The van der Waals surface area contributed by atoms with Crippen molar-refractivity contribution in [2.75, 3.05) is 20.2 Å². The van der Waals surface area contributed by atoms with Crippen molar-refractivity contribution in [3.8, 4) is 5.75 Å². The number of benzene rings is 1. The molecule has 30 heavy (non-hydrogen) atoms. The molecule has 0 spiro atoms. The van der Waals surface area contributed by atoms with Gasteiger partial charge in [0.2, 0.25) is 5.91 Å². The van der Waals surface area contributed by atoms with Crippen molar-refractivity contribution in [3.05, 3.63) is 40.2 Å². The predicted molar refractivity (Wildman–Crippen MR) is 122 cm³/mol. The summed E-state index contributed by atoms with van der Waals surface area (Å²) < 4.78 is 7.08. The lowest BCUT2D eigenvalue weighted by atomic mass is 9.97. The Morgan fingerprint density at radius 1 is 1.10 bits per heavy atom. The van der Waals surface area contributed by atoms with Gasteiger partial charge in [-0.2, -0.15) is 0 Å². The molecule has 1 aliphatic carbocycles. The lowest BCUT2D eigenvalue weighted by Crippen LogP contribution is -2.41. The molecule has 1 heterocycles.